The predicted molar refractivity (Wildman–Crippen MR) is 79.0 cm³/mol. The van der Waals surface area contributed by atoms with Crippen molar-refractivity contribution in [3.8, 4) is 0 Å². The molecule has 110 valence electrons. The molecule has 1 atom stereocenters. The van der Waals surface area contributed by atoms with E-state index in [0.717, 1.165) is 17.0 Å². The number of H-pyrrole nitrogens is 1. The maximum Gasteiger partial charge on any atom is 0.242 e. The molecule has 2 heterocycles. The molecule has 8 heteroatoms. The zero-order chi connectivity index (χ0) is 14.6. The van der Waals surface area contributed by atoms with Gasteiger partial charge in [0.1, 0.15) is 0 Å². The molecule has 1 unspecified atom stereocenters. The van der Waals surface area contributed by atoms with E-state index in [4.69, 9.17) is 0 Å². The fourth-order valence-corrected chi connectivity index (χ4v) is 4.44. The van der Waals surface area contributed by atoms with Gasteiger partial charge in [-0.3, -0.25) is 5.10 Å². The zero-order valence-corrected chi connectivity index (χ0v) is 13.0. The molecular weight excluding hydrogens is 296 g/mol. The maximum absolute atomic E-state index is 12.4. The highest BCUT2D eigenvalue weighted by molar-refractivity contribution is 7.89. The summed E-state index contributed by atoms with van der Waals surface area (Å²) >= 11 is 1.44. The Morgan fingerprint density at radius 1 is 1.50 bits per heavy atom. The third kappa shape index (κ3) is 3.45. The summed E-state index contributed by atoms with van der Waals surface area (Å²) in [5, 5.41) is 11.4. The van der Waals surface area contributed by atoms with Crippen molar-refractivity contribution in [1.29, 1.82) is 0 Å². The Labute approximate surface area is 122 Å². The van der Waals surface area contributed by atoms with Crippen molar-refractivity contribution in [3.63, 3.8) is 0 Å². The monoisotopic (exact) mass is 314 g/mol. The molecule has 0 spiro atoms. The van der Waals surface area contributed by atoms with Gasteiger partial charge in [0.25, 0.3) is 0 Å². The van der Waals surface area contributed by atoms with Gasteiger partial charge in [-0.05, 0) is 24.9 Å². The molecular formula is C12H18N4O2S2. The molecule has 0 bridgehead atoms. The Morgan fingerprint density at radius 3 is 2.95 bits per heavy atom. The average Bonchev–Trinajstić information content (AvgIpc) is 3.07. The predicted octanol–water partition coefficient (Wildman–Crippen LogP) is 1.62. The summed E-state index contributed by atoms with van der Waals surface area (Å²) in [5.74, 6) is 0. The Kier molecular flexibility index (Phi) is 4.92. The Balaban J connectivity index is 2.16. The van der Waals surface area contributed by atoms with Crippen molar-refractivity contribution in [2.45, 2.75) is 31.3 Å². The van der Waals surface area contributed by atoms with Gasteiger partial charge in [-0.2, -0.15) is 5.10 Å². The van der Waals surface area contributed by atoms with Gasteiger partial charge in [-0.15, -0.1) is 11.3 Å². The lowest BCUT2D eigenvalue weighted by Crippen LogP contribution is -2.27. The highest BCUT2D eigenvalue weighted by Gasteiger charge is 2.22. The standard InChI is InChI=1S/C12H18N4O2S2/c1-3-13-8-11-12(4-5-19-11)20(17,18)16-9(2)10-6-14-15-7-10/h4-7,9,13,16H,3,8H2,1-2H3,(H,14,15). The fraction of sp³-hybridized carbons (Fsp3) is 0.417. The third-order valence-electron chi connectivity index (χ3n) is 2.88. The summed E-state index contributed by atoms with van der Waals surface area (Å²) in [6, 6.07) is 1.31. The molecule has 3 N–H and O–H groups in total. The lowest BCUT2D eigenvalue weighted by atomic mass is 10.2. The van der Waals surface area contributed by atoms with E-state index in [0.29, 0.717) is 11.4 Å². The number of aromatic amines is 1. The number of rotatable bonds is 7. The number of hydrogen-bond acceptors (Lipinski definition) is 5. The molecule has 2 aromatic heterocycles. The van der Waals surface area contributed by atoms with Crippen molar-refractivity contribution in [2.75, 3.05) is 6.54 Å². The molecule has 0 saturated carbocycles. The fourth-order valence-electron chi connectivity index (χ4n) is 1.80. The molecule has 20 heavy (non-hydrogen) atoms. The van der Waals surface area contributed by atoms with Crippen molar-refractivity contribution < 1.29 is 8.42 Å². The molecule has 0 aliphatic heterocycles. The molecule has 2 rings (SSSR count). The molecule has 0 aromatic carbocycles. The van der Waals surface area contributed by atoms with Gasteiger partial charge < -0.3 is 5.32 Å². The summed E-state index contributed by atoms with van der Waals surface area (Å²) < 4.78 is 27.5. The van der Waals surface area contributed by atoms with Crippen molar-refractivity contribution >= 4 is 21.4 Å². The molecule has 0 radical (unpaired) electrons. The van der Waals surface area contributed by atoms with E-state index in [1.807, 2.05) is 6.92 Å². The molecule has 6 nitrogen and oxygen atoms in total. The zero-order valence-electron chi connectivity index (χ0n) is 11.4. The van der Waals surface area contributed by atoms with Crippen LogP contribution in [-0.2, 0) is 16.6 Å². The van der Waals surface area contributed by atoms with Crippen molar-refractivity contribution in [3.05, 3.63) is 34.3 Å². The molecule has 0 aliphatic rings. The number of nitrogens with zero attached hydrogens (tertiary/aromatic N) is 1. The van der Waals surface area contributed by atoms with E-state index in [-0.39, 0.29) is 6.04 Å². The second kappa shape index (κ2) is 6.49. The molecule has 0 aliphatic carbocycles. The molecule has 2 aromatic rings. The van der Waals surface area contributed by atoms with Gasteiger partial charge in [0.05, 0.1) is 11.1 Å². The van der Waals surface area contributed by atoms with Gasteiger partial charge in [0.15, 0.2) is 0 Å². The van der Waals surface area contributed by atoms with Gasteiger partial charge in [-0.1, -0.05) is 6.92 Å². The first kappa shape index (κ1) is 15.2. The van der Waals surface area contributed by atoms with Crippen LogP contribution in [0.25, 0.3) is 0 Å². The normalized spacial score (nSPS) is 13.5. The van der Waals surface area contributed by atoms with E-state index in [1.165, 1.54) is 11.3 Å². The number of thiophene rings is 1. The summed E-state index contributed by atoms with van der Waals surface area (Å²) in [7, 11) is -3.52. The first-order chi connectivity index (χ1) is 9.54. The van der Waals surface area contributed by atoms with Crippen LogP contribution in [-0.4, -0.2) is 25.2 Å². The minimum Gasteiger partial charge on any atom is -0.312 e. The Morgan fingerprint density at radius 2 is 2.30 bits per heavy atom. The highest BCUT2D eigenvalue weighted by Crippen LogP contribution is 2.23. The highest BCUT2D eigenvalue weighted by atomic mass is 32.2. The molecule has 0 fully saturated rings. The SMILES string of the molecule is CCNCc1sccc1S(=O)(=O)NC(C)c1cn[nH]c1. The number of sulfonamides is 1. The minimum absolute atomic E-state index is 0.328. The van der Waals surface area contributed by atoms with Gasteiger partial charge in [0.2, 0.25) is 10.0 Å². The van der Waals surface area contributed by atoms with Crippen LogP contribution in [0.2, 0.25) is 0 Å². The maximum atomic E-state index is 12.4. The molecule has 0 saturated heterocycles. The van der Waals surface area contributed by atoms with Crippen LogP contribution in [0.1, 0.15) is 30.3 Å². The van der Waals surface area contributed by atoms with E-state index < -0.39 is 10.0 Å². The summed E-state index contributed by atoms with van der Waals surface area (Å²) in [6.45, 7) is 5.14. The second-order valence-corrected chi connectivity index (χ2v) is 7.05. The average molecular weight is 314 g/mol. The van der Waals surface area contributed by atoms with E-state index in [1.54, 1.807) is 30.8 Å². The van der Waals surface area contributed by atoms with Crippen LogP contribution >= 0.6 is 11.3 Å². The lowest BCUT2D eigenvalue weighted by molar-refractivity contribution is 0.565. The van der Waals surface area contributed by atoms with Crippen LogP contribution < -0.4 is 10.0 Å². The smallest absolute Gasteiger partial charge is 0.242 e. The quantitative estimate of drug-likeness (QED) is 0.725. The minimum atomic E-state index is -3.52. The van der Waals surface area contributed by atoms with Gasteiger partial charge in [-0.25, -0.2) is 13.1 Å². The summed E-state index contributed by atoms with van der Waals surface area (Å²) in [6.07, 6.45) is 3.29. The largest absolute Gasteiger partial charge is 0.312 e. The number of aromatic nitrogens is 2. The van der Waals surface area contributed by atoms with Crippen LogP contribution in [0.3, 0.4) is 0 Å². The van der Waals surface area contributed by atoms with Crippen LogP contribution in [0.15, 0.2) is 28.7 Å². The van der Waals surface area contributed by atoms with Crippen LogP contribution in [0, 0.1) is 0 Å². The van der Waals surface area contributed by atoms with Gasteiger partial charge in [0, 0.05) is 29.2 Å². The second-order valence-electron chi connectivity index (χ2n) is 4.36. The summed E-state index contributed by atoms with van der Waals surface area (Å²) in [4.78, 5) is 1.16. The first-order valence-electron chi connectivity index (χ1n) is 6.32. The van der Waals surface area contributed by atoms with E-state index in [2.05, 4.69) is 20.2 Å². The molecule has 0 amide bonds. The van der Waals surface area contributed by atoms with Gasteiger partial charge >= 0.3 is 0 Å². The Bertz CT molecular complexity index is 634. The number of nitrogens with one attached hydrogen (secondary N) is 3. The number of hydrogen-bond donors (Lipinski definition) is 3. The van der Waals surface area contributed by atoms with Crippen molar-refractivity contribution in [2.24, 2.45) is 0 Å². The lowest BCUT2D eigenvalue weighted by Gasteiger charge is -2.13. The van der Waals surface area contributed by atoms with Crippen LogP contribution in [0.4, 0.5) is 0 Å². The van der Waals surface area contributed by atoms with Crippen molar-refractivity contribution in [1.82, 2.24) is 20.2 Å². The summed E-state index contributed by atoms with van der Waals surface area (Å²) in [5.41, 5.74) is 0.803. The van der Waals surface area contributed by atoms with E-state index >= 15 is 0 Å². The van der Waals surface area contributed by atoms with Crippen LogP contribution in [0.5, 0.6) is 0 Å². The first-order valence-corrected chi connectivity index (χ1v) is 8.69. The Hall–Kier alpha value is -1.22. The van der Waals surface area contributed by atoms with E-state index in [9.17, 15) is 8.42 Å². The third-order valence-corrected chi connectivity index (χ3v) is 5.56. The topological polar surface area (TPSA) is 86.9 Å².